The Hall–Kier alpha value is -1.51. The lowest BCUT2D eigenvalue weighted by atomic mass is 10.1. The largest absolute Gasteiger partial charge is 0.489 e. The predicted molar refractivity (Wildman–Crippen MR) is 74.8 cm³/mol. The topological polar surface area (TPSA) is 35.2 Å². The minimum absolute atomic E-state index is 0.0357. The van der Waals surface area contributed by atoms with E-state index < -0.39 is 0 Å². The second-order valence-electron chi connectivity index (χ2n) is 4.24. The molecule has 2 nitrogen and oxygen atoms in total. The molecule has 2 rings (SSSR count). The Morgan fingerprint density at radius 1 is 1.11 bits per heavy atom. The Morgan fingerprint density at radius 2 is 1.78 bits per heavy atom. The van der Waals surface area contributed by atoms with E-state index in [4.69, 9.17) is 22.1 Å². The summed E-state index contributed by atoms with van der Waals surface area (Å²) in [5.74, 6) is 0.836. The van der Waals surface area contributed by atoms with E-state index >= 15 is 0 Å². The van der Waals surface area contributed by atoms with Crippen LogP contribution in [0.1, 0.15) is 24.1 Å². The summed E-state index contributed by atoms with van der Waals surface area (Å²) >= 11 is 5.84. The van der Waals surface area contributed by atoms with Crippen molar-refractivity contribution in [3.8, 4) is 5.75 Å². The van der Waals surface area contributed by atoms with Gasteiger partial charge in [0.25, 0.3) is 0 Å². The van der Waals surface area contributed by atoms with E-state index in [1.807, 2.05) is 55.5 Å². The fraction of sp³-hybridized carbons (Fsp3) is 0.200. The van der Waals surface area contributed by atoms with E-state index in [2.05, 4.69) is 0 Å². The quantitative estimate of drug-likeness (QED) is 0.905. The Bertz CT molecular complexity index is 508. The fourth-order valence-electron chi connectivity index (χ4n) is 1.73. The number of benzene rings is 2. The number of nitrogens with two attached hydrogens (primary N) is 1. The highest BCUT2D eigenvalue weighted by molar-refractivity contribution is 6.30. The number of hydrogen-bond acceptors (Lipinski definition) is 2. The van der Waals surface area contributed by atoms with Crippen LogP contribution in [-0.4, -0.2) is 0 Å². The first-order valence-corrected chi connectivity index (χ1v) is 6.26. The molecule has 94 valence electrons. The summed E-state index contributed by atoms with van der Waals surface area (Å²) in [6, 6.07) is 15.4. The second-order valence-corrected chi connectivity index (χ2v) is 4.68. The lowest BCUT2D eigenvalue weighted by Gasteiger charge is -2.13. The molecule has 0 saturated carbocycles. The van der Waals surface area contributed by atoms with Gasteiger partial charge >= 0.3 is 0 Å². The van der Waals surface area contributed by atoms with Crippen LogP contribution >= 0.6 is 11.6 Å². The Balaban J connectivity index is 2.08. The van der Waals surface area contributed by atoms with Crippen LogP contribution in [0.15, 0.2) is 48.5 Å². The zero-order valence-electron chi connectivity index (χ0n) is 10.3. The third-order valence-corrected chi connectivity index (χ3v) is 2.97. The van der Waals surface area contributed by atoms with Crippen molar-refractivity contribution >= 4 is 11.6 Å². The van der Waals surface area contributed by atoms with Crippen molar-refractivity contribution in [1.29, 1.82) is 0 Å². The van der Waals surface area contributed by atoms with Crippen molar-refractivity contribution in [3.63, 3.8) is 0 Å². The molecule has 0 unspecified atom stereocenters. The summed E-state index contributed by atoms with van der Waals surface area (Å²) in [6.07, 6.45) is 0. The van der Waals surface area contributed by atoms with E-state index in [1.54, 1.807) is 0 Å². The molecule has 0 aliphatic carbocycles. The van der Waals surface area contributed by atoms with Gasteiger partial charge in [0.05, 0.1) is 0 Å². The number of para-hydroxylation sites is 1. The summed E-state index contributed by atoms with van der Waals surface area (Å²) in [7, 11) is 0. The second kappa shape index (κ2) is 5.89. The molecule has 2 N–H and O–H groups in total. The monoisotopic (exact) mass is 261 g/mol. The van der Waals surface area contributed by atoms with Crippen LogP contribution in [0.3, 0.4) is 0 Å². The molecule has 0 radical (unpaired) electrons. The average molecular weight is 262 g/mol. The molecule has 2 aromatic rings. The summed E-state index contributed by atoms with van der Waals surface area (Å²) < 4.78 is 5.80. The number of hydrogen-bond donors (Lipinski definition) is 1. The van der Waals surface area contributed by atoms with E-state index in [0.29, 0.717) is 6.61 Å². The molecular weight excluding hydrogens is 246 g/mol. The minimum Gasteiger partial charge on any atom is -0.489 e. The van der Waals surface area contributed by atoms with Gasteiger partial charge in [-0.1, -0.05) is 41.9 Å². The zero-order chi connectivity index (χ0) is 13.0. The number of ether oxygens (including phenoxy) is 1. The number of halogens is 1. The Morgan fingerprint density at radius 3 is 2.44 bits per heavy atom. The highest BCUT2D eigenvalue weighted by Gasteiger charge is 2.07. The molecule has 0 aliphatic rings. The average Bonchev–Trinajstić information content (AvgIpc) is 2.38. The summed E-state index contributed by atoms with van der Waals surface area (Å²) in [5, 5.41) is 0.731. The Kier molecular flexibility index (Phi) is 4.24. The maximum absolute atomic E-state index is 5.91. The first kappa shape index (κ1) is 12.9. The van der Waals surface area contributed by atoms with Gasteiger partial charge in [0.1, 0.15) is 12.4 Å². The predicted octanol–water partition coefficient (Wildman–Crippen LogP) is 3.94. The first-order chi connectivity index (χ1) is 8.66. The van der Waals surface area contributed by atoms with Crippen molar-refractivity contribution < 1.29 is 4.74 Å². The van der Waals surface area contributed by atoms with Gasteiger partial charge in [0, 0.05) is 16.6 Å². The Labute approximate surface area is 112 Å². The molecule has 0 spiro atoms. The summed E-state index contributed by atoms with van der Waals surface area (Å²) in [6.45, 7) is 2.46. The van der Waals surface area contributed by atoms with Gasteiger partial charge in [-0.15, -0.1) is 0 Å². The third kappa shape index (κ3) is 3.25. The molecule has 3 heteroatoms. The van der Waals surface area contributed by atoms with Crippen molar-refractivity contribution in [2.24, 2.45) is 5.73 Å². The molecular formula is C15H16ClNO. The number of rotatable bonds is 4. The third-order valence-electron chi connectivity index (χ3n) is 2.72. The lowest BCUT2D eigenvalue weighted by Crippen LogP contribution is -2.07. The van der Waals surface area contributed by atoms with E-state index in [-0.39, 0.29) is 6.04 Å². The van der Waals surface area contributed by atoms with Gasteiger partial charge < -0.3 is 10.5 Å². The first-order valence-electron chi connectivity index (χ1n) is 5.88. The van der Waals surface area contributed by atoms with Crippen molar-refractivity contribution in [2.75, 3.05) is 0 Å². The van der Waals surface area contributed by atoms with Gasteiger partial charge in [0.15, 0.2) is 0 Å². The summed E-state index contributed by atoms with van der Waals surface area (Å²) in [5.41, 5.74) is 8.01. The molecule has 0 aromatic heterocycles. The highest BCUT2D eigenvalue weighted by Crippen LogP contribution is 2.24. The van der Waals surface area contributed by atoms with Gasteiger partial charge in [0.2, 0.25) is 0 Å². The van der Waals surface area contributed by atoms with Gasteiger partial charge in [-0.3, -0.25) is 0 Å². The molecule has 0 bridgehead atoms. The van der Waals surface area contributed by atoms with Crippen LogP contribution in [0.2, 0.25) is 5.02 Å². The van der Waals surface area contributed by atoms with Gasteiger partial charge in [-0.25, -0.2) is 0 Å². The van der Waals surface area contributed by atoms with Gasteiger partial charge in [-0.05, 0) is 30.7 Å². The van der Waals surface area contributed by atoms with Crippen LogP contribution in [-0.2, 0) is 6.61 Å². The molecule has 0 saturated heterocycles. The normalized spacial score (nSPS) is 12.2. The van der Waals surface area contributed by atoms with Crippen LogP contribution < -0.4 is 10.5 Å². The molecule has 0 aliphatic heterocycles. The van der Waals surface area contributed by atoms with Crippen LogP contribution in [0.25, 0.3) is 0 Å². The molecule has 18 heavy (non-hydrogen) atoms. The SMILES string of the molecule is C[C@H](N)c1ccccc1OCc1ccc(Cl)cc1. The van der Waals surface area contributed by atoms with Crippen molar-refractivity contribution in [1.82, 2.24) is 0 Å². The van der Waals surface area contributed by atoms with Crippen LogP contribution in [0, 0.1) is 0 Å². The van der Waals surface area contributed by atoms with Crippen LogP contribution in [0.4, 0.5) is 0 Å². The molecule has 1 atom stereocenters. The van der Waals surface area contributed by atoms with E-state index in [1.165, 1.54) is 0 Å². The minimum atomic E-state index is -0.0357. The van der Waals surface area contributed by atoms with E-state index in [9.17, 15) is 0 Å². The van der Waals surface area contributed by atoms with Crippen LogP contribution in [0.5, 0.6) is 5.75 Å². The molecule has 2 aromatic carbocycles. The van der Waals surface area contributed by atoms with Gasteiger partial charge in [-0.2, -0.15) is 0 Å². The lowest BCUT2D eigenvalue weighted by molar-refractivity contribution is 0.301. The highest BCUT2D eigenvalue weighted by atomic mass is 35.5. The maximum atomic E-state index is 5.91. The zero-order valence-corrected chi connectivity index (χ0v) is 11.0. The van der Waals surface area contributed by atoms with E-state index in [0.717, 1.165) is 21.9 Å². The van der Waals surface area contributed by atoms with Crippen molar-refractivity contribution in [3.05, 3.63) is 64.7 Å². The standard InChI is InChI=1S/C15H16ClNO/c1-11(17)14-4-2-3-5-15(14)18-10-12-6-8-13(16)9-7-12/h2-9,11H,10,17H2,1H3/t11-/m0/s1. The smallest absolute Gasteiger partial charge is 0.124 e. The molecule has 0 amide bonds. The summed E-state index contributed by atoms with van der Waals surface area (Å²) in [4.78, 5) is 0. The molecule has 0 fully saturated rings. The fourth-order valence-corrected chi connectivity index (χ4v) is 1.86. The molecule has 0 heterocycles. The maximum Gasteiger partial charge on any atom is 0.124 e. The van der Waals surface area contributed by atoms with Crippen molar-refractivity contribution in [2.45, 2.75) is 19.6 Å².